The van der Waals surface area contributed by atoms with E-state index in [0.29, 0.717) is 28.1 Å². The number of hydrogen-bond donors (Lipinski definition) is 2. The molecule has 0 atom stereocenters. The number of anilines is 2. The fourth-order valence-corrected chi connectivity index (χ4v) is 3.78. The van der Waals surface area contributed by atoms with Gasteiger partial charge in [-0.25, -0.2) is 13.2 Å². The van der Waals surface area contributed by atoms with Crippen LogP contribution in [-0.2, 0) is 26.0 Å². The Morgan fingerprint density at radius 2 is 1.96 bits per heavy atom. The van der Waals surface area contributed by atoms with Gasteiger partial charge in [0.2, 0.25) is 5.91 Å². The number of methoxy groups -OCH3 is 1. The Morgan fingerprint density at radius 1 is 1.20 bits per heavy atom. The van der Waals surface area contributed by atoms with Crippen LogP contribution in [-0.4, -0.2) is 27.4 Å². The number of rotatable bonds is 4. The second-order valence-electron chi connectivity index (χ2n) is 5.67. The van der Waals surface area contributed by atoms with Crippen molar-refractivity contribution in [3.05, 3.63) is 53.1 Å². The highest BCUT2D eigenvalue weighted by atomic mass is 32.2. The van der Waals surface area contributed by atoms with E-state index in [1.54, 1.807) is 19.1 Å². The van der Waals surface area contributed by atoms with Crippen molar-refractivity contribution >= 4 is 33.3 Å². The predicted molar refractivity (Wildman–Crippen MR) is 92.1 cm³/mol. The maximum atomic E-state index is 12.6. The summed E-state index contributed by atoms with van der Waals surface area (Å²) in [6.45, 7) is 1.69. The number of amides is 1. The molecule has 2 aromatic carbocycles. The van der Waals surface area contributed by atoms with Gasteiger partial charge in [0.15, 0.2) is 0 Å². The lowest BCUT2D eigenvalue weighted by Gasteiger charge is -2.12. The average molecular weight is 360 g/mol. The molecule has 0 aliphatic carbocycles. The Kier molecular flexibility index (Phi) is 4.22. The minimum atomic E-state index is -3.82. The van der Waals surface area contributed by atoms with Crippen molar-refractivity contribution in [3.63, 3.8) is 0 Å². The van der Waals surface area contributed by atoms with Crippen LogP contribution in [0.25, 0.3) is 0 Å². The van der Waals surface area contributed by atoms with Crippen molar-refractivity contribution < 1.29 is 22.7 Å². The second-order valence-corrected chi connectivity index (χ2v) is 7.35. The van der Waals surface area contributed by atoms with Crippen LogP contribution in [0.4, 0.5) is 11.4 Å². The van der Waals surface area contributed by atoms with Gasteiger partial charge in [0.05, 0.1) is 29.7 Å². The zero-order valence-electron chi connectivity index (χ0n) is 13.6. The number of nitrogens with one attached hydrogen (secondary N) is 2. The van der Waals surface area contributed by atoms with Crippen LogP contribution < -0.4 is 10.0 Å². The van der Waals surface area contributed by atoms with E-state index in [4.69, 9.17) is 0 Å². The Labute approximate surface area is 145 Å². The van der Waals surface area contributed by atoms with Gasteiger partial charge in [0.1, 0.15) is 0 Å². The topological polar surface area (TPSA) is 102 Å². The van der Waals surface area contributed by atoms with Gasteiger partial charge in [-0.1, -0.05) is 0 Å². The van der Waals surface area contributed by atoms with Crippen molar-refractivity contribution in [2.45, 2.75) is 18.2 Å². The van der Waals surface area contributed by atoms with Crippen LogP contribution in [0.1, 0.15) is 21.5 Å². The highest BCUT2D eigenvalue weighted by molar-refractivity contribution is 7.92. The van der Waals surface area contributed by atoms with E-state index in [9.17, 15) is 18.0 Å². The first-order chi connectivity index (χ1) is 11.8. The molecule has 0 spiro atoms. The van der Waals surface area contributed by atoms with E-state index < -0.39 is 16.0 Å². The molecule has 8 heteroatoms. The number of aryl methyl sites for hydroxylation is 1. The Balaban J connectivity index is 1.89. The number of carbonyl (C=O) groups excluding carboxylic acids is 2. The van der Waals surface area contributed by atoms with E-state index in [1.165, 1.54) is 31.4 Å². The van der Waals surface area contributed by atoms with Crippen molar-refractivity contribution in [2.24, 2.45) is 0 Å². The molecular weight excluding hydrogens is 344 g/mol. The molecule has 7 nitrogen and oxygen atoms in total. The molecule has 1 heterocycles. The van der Waals surface area contributed by atoms with E-state index in [1.807, 2.05) is 0 Å². The number of fused-ring (bicyclic) bond motifs is 1. The summed E-state index contributed by atoms with van der Waals surface area (Å²) >= 11 is 0. The van der Waals surface area contributed by atoms with E-state index in [-0.39, 0.29) is 17.2 Å². The quantitative estimate of drug-likeness (QED) is 0.813. The monoisotopic (exact) mass is 360 g/mol. The first-order valence-electron chi connectivity index (χ1n) is 7.45. The Morgan fingerprint density at radius 3 is 2.64 bits per heavy atom. The molecule has 0 aromatic heterocycles. The lowest BCUT2D eigenvalue weighted by atomic mass is 10.1. The summed E-state index contributed by atoms with van der Waals surface area (Å²) in [5.74, 6) is -0.653. The predicted octanol–water partition coefficient (Wildman–Crippen LogP) is 2.08. The molecule has 0 unspecified atom stereocenters. The zero-order chi connectivity index (χ0) is 18.2. The normalized spacial score (nSPS) is 13.1. The van der Waals surface area contributed by atoms with Gasteiger partial charge in [-0.2, -0.15) is 0 Å². The molecule has 1 amide bonds. The van der Waals surface area contributed by atoms with Crippen LogP contribution in [0.3, 0.4) is 0 Å². The molecule has 0 fully saturated rings. The van der Waals surface area contributed by atoms with Crippen molar-refractivity contribution in [1.82, 2.24) is 0 Å². The van der Waals surface area contributed by atoms with Crippen LogP contribution >= 0.6 is 0 Å². The zero-order valence-corrected chi connectivity index (χ0v) is 14.4. The molecule has 0 saturated heterocycles. The van der Waals surface area contributed by atoms with Gasteiger partial charge < -0.3 is 10.1 Å². The third-order valence-corrected chi connectivity index (χ3v) is 5.27. The van der Waals surface area contributed by atoms with Crippen LogP contribution in [0, 0.1) is 6.92 Å². The number of benzene rings is 2. The van der Waals surface area contributed by atoms with Crippen molar-refractivity contribution in [1.29, 1.82) is 0 Å². The number of hydrogen-bond acceptors (Lipinski definition) is 5. The summed E-state index contributed by atoms with van der Waals surface area (Å²) in [5, 5.41) is 2.66. The second kappa shape index (κ2) is 6.21. The van der Waals surface area contributed by atoms with Gasteiger partial charge in [-0.3, -0.25) is 9.52 Å². The molecule has 3 rings (SSSR count). The molecule has 0 saturated carbocycles. The lowest BCUT2D eigenvalue weighted by Crippen LogP contribution is -2.14. The lowest BCUT2D eigenvalue weighted by molar-refractivity contribution is -0.115. The van der Waals surface area contributed by atoms with Gasteiger partial charge in [0, 0.05) is 5.69 Å². The summed E-state index contributed by atoms with van der Waals surface area (Å²) in [4.78, 5) is 23.0. The van der Waals surface area contributed by atoms with Gasteiger partial charge >= 0.3 is 5.97 Å². The highest BCUT2D eigenvalue weighted by Gasteiger charge is 2.22. The highest BCUT2D eigenvalue weighted by Crippen LogP contribution is 2.27. The van der Waals surface area contributed by atoms with Crippen molar-refractivity contribution in [2.75, 3.05) is 17.1 Å². The van der Waals surface area contributed by atoms with Gasteiger partial charge in [-0.05, 0) is 54.4 Å². The van der Waals surface area contributed by atoms with Crippen LogP contribution in [0.5, 0.6) is 0 Å². The Bertz CT molecular complexity index is 983. The maximum absolute atomic E-state index is 12.6. The SMILES string of the molecule is COC(=O)c1ccc(NS(=O)(=O)c2ccc3c(c2)CC(=O)N3)c(C)c1. The molecule has 1 aliphatic rings. The van der Waals surface area contributed by atoms with Gasteiger partial charge in [-0.15, -0.1) is 0 Å². The summed E-state index contributed by atoms with van der Waals surface area (Å²) in [5.41, 5.74) is 2.56. The van der Waals surface area contributed by atoms with Crippen LogP contribution in [0.15, 0.2) is 41.3 Å². The minimum absolute atomic E-state index is 0.0687. The summed E-state index contributed by atoms with van der Waals surface area (Å²) in [6, 6.07) is 9.04. The largest absolute Gasteiger partial charge is 0.465 e. The summed E-state index contributed by atoms with van der Waals surface area (Å²) in [6.07, 6.45) is 0.158. The molecule has 2 aromatic rings. The fourth-order valence-electron chi connectivity index (χ4n) is 2.60. The number of carbonyl (C=O) groups is 2. The first kappa shape index (κ1) is 17.0. The van der Waals surface area contributed by atoms with Gasteiger partial charge in [0.25, 0.3) is 10.0 Å². The first-order valence-corrected chi connectivity index (χ1v) is 8.93. The smallest absolute Gasteiger partial charge is 0.337 e. The van der Waals surface area contributed by atoms with Crippen LogP contribution in [0.2, 0.25) is 0 Å². The third kappa shape index (κ3) is 3.34. The number of sulfonamides is 1. The average Bonchev–Trinajstić information content (AvgIpc) is 2.95. The molecule has 1 aliphatic heterocycles. The molecule has 0 radical (unpaired) electrons. The molecule has 25 heavy (non-hydrogen) atoms. The minimum Gasteiger partial charge on any atom is -0.465 e. The van der Waals surface area contributed by atoms with Crippen molar-refractivity contribution in [3.8, 4) is 0 Å². The molecular formula is C17H16N2O5S. The molecule has 130 valence electrons. The number of ether oxygens (including phenoxy) is 1. The molecule has 2 N–H and O–H groups in total. The standard InChI is InChI=1S/C17H16N2O5S/c1-10-7-11(17(21)24-2)3-5-14(10)19-25(22,23)13-4-6-15-12(8-13)9-16(20)18-15/h3-8,19H,9H2,1-2H3,(H,18,20). The maximum Gasteiger partial charge on any atom is 0.337 e. The van der Waals surface area contributed by atoms with E-state index in [2.05, 4.69) is 14.8 Å². The summed E-state index contributed by atoms with van der Waals surface area (Å²) < 4.78 is 32.3. The third-order valence-electron chi connectivity index (χ3n) is 3.90. The fraction of sp³-hybridized carbons (Fsp3) is 0.176. The Hall–Kier alpha value is -2.87. The van der Waals surface area contributed by atoms with E-state index in [0.717, 1.165) is 0 Å². The van der Waals surface area contributed by atoms with E-state index >= 15 is 0 Å². The summed E-state index contributed by atoms with van der Waals surface area (Å²) in [7, 11) is -2.54. The number of esters is 1. The molecule has 0 bridgehead atoms.